The van der Waals surface area contributed by atoms with E-state index >= 15 is 0 Å². The molecule has 2 aromatic rings. The van der Waals surface area contributed by atoms with E-state index in [1.807, 2.05) is 36.1 Å². The number of amides is 1. The molecular formula is C23H31N5O. The molecule has 2 aliphatic heterocycles. The lowest BCUT2D eigenvalue weighted by molar-refractivity contribution is 0.0746. The fourth-order valence-corrected chi connectivity index (χ4v) is 4.47. The van der Waals surface area contributed by atoms with Crippen molar-refractivity contribution in [3.05, 3.63) is 47.5 Å². The largest absolute Gasteiger partial charge is 0.352 e. The molecule has 0 aliphatic carbocycles. The lowest BCUT2D eigenvalue weighted by Crippen LogP contribution is -2.49. The highest BCUT2D eigenvalue weighted by Gasteiger charge is 2.25. The monoisotopic (exact) mass is 393 g/mol. The van der Waals surface area contributed by atoms with Crippen LogP contribution in [0.15, 0.2) is 36.4 Å². The van der Waals surface area contributed by atoms with Crippen LogP contribution < -0.4 is 9.80 Å². The number of hydrogen-bond donors (Lipinski definition) is 0. The molecule has 6 nitrogen and oxygen atoms in total. The summed E-state index contributed by atoms with van der Waals surface area (Å²) in [6.45, 7) is 8.33. The van der Waals surface area contributed by atoms with Crippen LogP contribution in [-0.4, -0.2) is 59.8 Å². The van der Waals surface area contributed by atoms with Gasteiger partial charge in [0.05, 0.1) is 0 Å². The van der Waals surface area contributed by atoms with Gasteiger partial charge in [0, 0.05) is 44.3 Å². The van der Waals surface area contributed by atoms with Crippen molar-refractivity contribution in [2.45, 2.75) is 45.6 Å². The molecule has 0 radical (unpaired) electrons. The van der Waals surface area contributed by atoms with Crippen LogP contribution in [0.25, 0.3) is 0 Å². The number of piperazine rings is 1. The predicted molar refractivity (Wildman–Crippen MR) is 117 cm³/mol. The van der Waals surface area contributed by atoms with E-state index in [1.165, 1.54) is 19.3 Å². The van der Waals surface area contributed by atoms with Gasteiger partial charge in [-0.15, -0.1) is 10.2 Å². The predicted octanol–water partition coefficient (Wildman–Crippen LogP) is 3.52. The van der Waals surface area contributed by atoms with E-state index in [0.29, 0.717) is 19.1 Å². The quantitative estimate of drug-likeness (QED) is 0.796. The van der Waals surface area contributed by atoms with Gasteiger partial charge in [-0.1, -0.05) is 24.6 Å². The summed E-state index contributed by atoms with van der Waals surface area (Å²) in [5, 5.41) is 9.06. The maximum absolute atomic E-state index is 12.7. The number of piperidine rings is 1. The van der Waals surface area contributed by atoms with E-state index in [1.54, 1.807) is 0 Å². The van der Waals surface area contributed by atoms with Gasteiger partial charge in [0.25, 0.3) is 5.91 Å². The number of hydrogen-bond acceptors (Lipinski definition) is 5. The maximum Gasteiger partial charge on any atom is 0.253 e. The number of nitrogens with zero attached hydrogens (tertiary/aromatic N) is 5. The summed E-state index contributed by atoms with van der Waals surface area (Å²) < 4.78 is 0. The van der Waals surface area contributed by atoms with Gasteiger partial charge in [-0.3, -0.25) is 4.79 Å². The number of carbonyl (C=O) groups excluding carboxylic acids is 1. The SMILES string of the molecule is CCC1CCCCN1c1ccc(N2CCN(C(=O)c3cccc(C)c3)CC2)nn1. The summed E-state index contributed by atoms with van der Waals surface area (Å²) in [5.74, 6) is 2.01. The van der Waals surface area contributed by atoms with Gasteiger partial charge in [-0.2, -0.15) is 0 Å². The van der Waals surface area contributed by atoms with Gasteiger partial charge in [0.2, 0.25) is 0 Å². The zero-order valence-electron chi connectivity index (χ0n) is 17.5. The Labute approximate surface area is 173 Å². The van der Waals surface area contributed by atoms with Crippen LogP contribution in [0, 0.1) is 6.92 Å². The molecule has 2 aliphatic rings. The minimum Gasteiger partial charge on any atom is -0.352 e. The Morgan fingerprint density at radius 1 is 1.00 bits per heavy atom. The molecular weight excluding hydrogens is 362 g/mol. The third kappa shape index (κ3) is 4.36. The van der Waals surface area contributed by atoms with Crippen molar-refractivity contribution in [1.29, 1.82) is 0 Å². The lowest BCUT2D eigenvalue weighted by atomic mass is 10.0. The Balaban J connectivity index is 1.37. The van der Waals surface area contributed by atoms with E-state index in [0.717, 1.165) is 48.8 Å². The normalized spacial score (nSPS) is 20.1. The third-order valence-corrected chi connectivity index (χ3v) is 6.18. The molecule has 154 valence electrons. The zero-order valence-corrected chi connectivity index (χ0v) is 17.5. The number of aryl methyl sites for hydroxylation is 1. The summed E-state index contributed by atoms with van der Waals surface area (Å²) in [4.78, 5) is 19.3. The zero-order chi connectivity index (χ0) is 20.2. The molecule has 1 amide bonds. The van der Waals surface area contributed by atoms with Gasteiger partial charge in [0.1, 0.15) is 0 Å². The molecule has 3 heterocycles. The van der Waals surface area contributed by atoms with Crippen molar-refractivity contribution >= 4 is 17.5 Å². The topological polar surface area (TPSA) is 52.6 Å². The molecule has 1 aromatic carbocycles. The van der Waals surface area contributed by atoms with E-state index in [9.17, 15) is 4.79 Å². The van der Waals surface area contributed by atoms with Crippen LogP contribution in [0.4, 0.5) is 11.6 Å². The summed E-state index contributed by atoms with van der Waals surface area (Å²) in [7, 11) is 0. The minimum absolute atomic E-state index is 0.116. The van der Waals surface area contributed by atoms with Crippen molar-refractivity contribution in [1.82, 2.24) is 15.1 Å². The Morgan fingerprint density at radius 3 is 2.45 bits per heavy atom. The number of rotatable bonds is 4. The highest BCUT2D eigenvalue weighted by molar-refractivity contribution is 5.94. The fourth-order valence-electron chi connectivity index (χ4n) is 4.47. The van der Waals surface area contributed by atoms with Gasteiger partial charge in [0.15, 0.2) is 11.6 Å². The molecule has 4 rings (SSSR count). The Kier molecular flexibility index (Phi) is 5.97. The van der Waals surface area contributed by atoms with E-state index < -0.39 is 0 Å². The van der Waals surface area contributed by atoms with Crippen LogP contribution in [-0.2, 0) is 0 Å². The molecule has 6 heteroatoms. The Hall–Kier alpha value is -2.63. The second-order valence-electron chi connectivity index (χ2n) is 8.15. The van der Waals surface area contributed by atoms with Crippen molar-refractivity contribution < 1.29 is 4.79 Å². The average Bonchev–Trinajstić information content (AvgIpc) is 2.79. The van der Waals surface area contributed by atoms with Gasteiger partial charge >= 0.3 is 0 Å². The molecule has 2 fully saturated rings. The number of aromatic nitrogens is 2. The first-order valence-corrected chi connectivity index (χ1v) is 10.9. The van der Waals surface area contributed by atoms with Gasteiger partial charge in [-0.25, -0.2) is 0 Å². The lowest BCUT2D eigenvalue weighted by Gasteiger charge is -2.37. The third-order valence-electron chi connectivity index (χ3n) is 6.18. The molecule has 0 saturated carbocycles. The van der Waals surface area contributed by atoms with Gasteiger partial charge in [-0.05, 0) is 56.9 Å². The van der Waals surface area contributed by atoms with E-state index in [-0.39, 0.29) is 5.91 Å². The molecule has 2 saturated heterocycles. The first-order chi connectivity index (χ1) is 14.2. The van der Waals surface area contributed by atoms with E-state index in [4.69, 9.17) is 0 Å². The molecule has 1 atom stereocenters. The first kappa shape index (κ1) is 19.7. The first-order valence-electron chi connectivity index (χ1n) is 10.9. The highest BCUT2D eigenvalue weighted by Crippen LogP contribution is 2.25. The fraction of sp³-hybridized carbons (Fsp3) is 0.522. The molecule has 1 unspecified atom stereocenters. The molecule has 0 N–H and O–H groups in total. The second kappa shape index (κ2) is 8.80. The number of anilines is 2. The van der Waals surface area contributed by atoms with E-state index in [2.05, 4.69) is 39.1 Å². The summed E-state index contributed by atoms with van der Waals surface area (Å²) in [5.41, 5.74) is 1.89. The van der Waals surface area contributed by atoms with Gasteiger partial charge < -0.3 is 14.7 Å². The van der Waals surface area contributed by atoms with Crippen molar-refractivity contribution in [2.24, 2.45) is 0 Å². The molecule has 29 heavy (non-hydrogen) atoms. The summed E-state index contributed by atoms with van der Waals surface area (Å²) in [6, 6.07) is 12.6. The van der Waals surface area contributed by atoms with Crippen LogP contribution >= 0.6 is 0 Å². The van der Waals surface area contributed by atoms with Crippen LogP contribution in [0.5, 0.6) is 0 Å². The highest BCUT2D eigenvalue weighted by atomic mass is 16.2. The van der Waals surface area contributed by atoms with Crippen LogP contribution in [0.2, 0.25) is 0 Å². The van der Waals surface area contributed by atoms with Crippen LogP contribution in [0.3, 0.4) is 0 Å². The Morgan fingerprint density at radius 2 is 1.76 bits per heavy atom. The second-order valence-corrected chi connectivity index (χ2v) is 8.15. The smallest absolute Gasteiger partial charge is 0.253 e. The van der Waals surface area contributed by atoms with Crippen molar-refractivity contribution in [3.8, 4) is 0 Å². The average molecular weight is 394 g/mol. The summed E-state index contributed by atoms with van der Waals surface area (Å²) >= 11 is 0. The van der Waals surface area contributed by atoms with Crippen molar-refractivity contribution in [3.63, 3.8) is 0 Å². The number of carbonyl (C=O) groups is 1. The maximum atomic E-state index is 12.7. The minimum atomic E-state index is 0.116. The van der Waals surface area contributed by atoms with Crippen LogP contribution in [0.1, 0.15) is 48.5 Å². The molecule has 0 bridgehead atoms. The van der Waals surface area contributed by atoms with Crippen molar-refractivity contribution in [2.75, 3.05) is 42.5 Å². The molecule has 0 spiro atoms. The standard InChI is InChI=1S/C23H31N5O/c1-3-20-9-4-5-12-28(20)22-11-10-21(24-25-22)26-13-15-27(16-14-26)23(29)19-8-6-7-18(2)17-19/h6-8,10-11,17,20H,3-5,9,12-16H2,1-2H3. The molecule has 1 aromatic heterocycles. The summed E-state index contributed by atoms with van der Waals surface area (Å²) in [6.07, 6.45) is 4.94. The Bertz CT molecular complexity index is 829. The number of benzene rings is 1.